The highest BCUT2D eigenvalue weighted by Gasteiger charge is 2.33. The van der Waals surface area contributed by atoms with Gasteiger partial charge in [-0.2, -0.15) is 5.26 Å². The molecule has 1 aromatic rings. The summed E-state index contributed by atoms with van der Waals surface area (Å²) in [5.74, 6) is -0.793. The lowest BCUT2D eigenvalue weighted by atomic mass is 10.2. The van der Waals surface area contributed by atoms with Crippen molar-refractivity contribution in [2.45, 2.75) is 31.5 Å². The Labute approximate surface area is 124 Å². The Balaban J connectivity index is 1.88. The Bertz CT molecular complexity index is 632. The summed E-state index contributed by atoms with van der Waals surface area (Å²) in [5, 5.41) is 8.70. The lowest BCUT2D eigenvalue weighted by Crippen LogP contribution is -2.35. The van der Waals surface area contributed by atoms with Crippen LogP contribution >= 0.6 is 0 Å². The summed E-state index contributed by atoms with van der Waals surface area (Å²) in [6.45, 7) is 4.13. The maximum Gasteiger partial charge on any atom is 0.215 e. The smallest absolute Gasteiger partial charge is 0.215 e. The molecule has 6 nitrogen and oxygen atoms in total. The first-order chi connectivity index (χ1) is 9.80. The van der Waals surface area contributed by atoms with Gasteiger partial charge < -0.3 is 9.47 Å². The summed E-state index contributed by atoms with van der Waals surface area (Å²) in [5.41, 5.74) is 1.13. The summed E-state index contributed by atoms with van der Waals surface area (Å²) in [6.07, 6.45) is -0.282. The second-order valence-electron chi connectivity index (χ2n) is 5.37. The van der Waals surface area contributed by atoms with Crippen LogP contribution in [-0.2, 0) is 25.2 Å². The predicted molar refractivity (Wildman–Crippen MR) is 76.7 cm³/mol. The Hall–Kier alpha value is -1.46. The first-order valence-electron chi connectivity index (χ1n) is 6.58. The average Bonchev–Trinajstić information content (AvgIpc) is 2.77. The Morgan fingerprint density at radius 2 is 2.05 bits per heavy atom. The van der Waals surface area contributed by atoms with Gasteiger partial charge in [-0.1, -0.05) is 12.1 Å². The zero-order chi connectivity index (χ0) is 15.5. The van der Waals surface area contributed by atoms with Gasteiger partial charge in [0.2, 0.25) is 10.0 Å². The van der Waals surface area contributed by atoms with Crippen LogP contribution in [0.1, 0.15) is 25.0 Å². The summed E-state index contributed by atoms with van der Waals surface area (Å²) in [4.78, 5) is 0. The van der Waals surface area contributed by atoms with E-state index in [1.54, 1.807) is 38.1 Å². The van der Waals surface area contributed by atoms with Gasteiger partial charge in [0.15, 0.2) is 5.79 Å². The van der Waals surface area contributed by atoms with E-state index in [1.165, 1.54) is 0 Å². The maximum atomic E-state index is 12.0. The van der Waals surface area contributed by atoms with Crippen molar-refractivity contribution in [1.29, 1.82) is 5.26 Å². The van der Waals surface area contributed by atoms with Crippen molar-refractivity contribution in [2.75, 3.05) is 13.2 Å². The van der Waals surface area contributed by atoms with Crippen LogP contribution in [0.4, 0.5) is 0 Å². The molecule has 0 aromatic heterocycles. The van der Waals surface area contributed by atoms with E-state index in [1.807, 2.05) is 6.07 Å². The van der Waals surface area contributed by atoms with Crippen LogP contribution in [0.3, 0.4) is 0 Å². The van der Waals surface area contributed by atoms with Gasteiger partial charge in [0.25, 0.3) is 0 Å². The van der Waals surface area contributed by atoms with Gasteiger partial charge in [0.1, 0.15) is 0 Å². The SMILES string of the molecule is CC1(C)OCC(CNS(=O)(=O)Cc2ccc(C#N)cc2)O1. The summed E-state index contributed by atoms with van der Waals surface area (Å²) < 4.78 is 37.4. The molecule has 0 saturated carbocycles. The van der Waals surface area contributed by atoms with Gasteiger partial charge in [0, 0.05) is 6.54 Å². The Kier molecular flexibility index (Phi) is 4.64. The van der Waals surface area contributed by atoms with E-state index in [0.29, 0.717) is 17.7 Å². The molecule has 1 unspecified atom stereocenters. The van der Waals surface area contributed by atoms with Gasteiger partial charge in [-0.25, -0.2) is 13.1 Å². The number of nitriles is 1. The van der Waals surface area contributed by atoms with Crippen LogP contribution in [0.25, 0.3) is 0 Å². The van der Waals surface area contributed by atoms with Gasteiger partial charge in [-0.15, -0.1) is 0 Å². The van der Waals surface area contributed by atoms with Crippen LogP contribution in [-0.4, -0.2) is 33.5 Å². The molecule has 21 heavy (non-hydrogen) atoms. The van der Waals surface area contributed by atoms with Gasteiger partial charge >= 0.3 is 0 Å². The third-order valence-electron chi connectivity index (χ3n) is 3.04. The molecule has 2 rings (SSSR count). The molecule has 1 saturated heterocycles. The highest BCUT2D eigenvalue weighted by molar-refractivity contribution is 7.88. The second kappa shape index (κ2) is 6.12. The van der Waals surface area contributed by atoms with Crippen molar-refractivity contribution >= 4 is 10.0 Å². The van der Waals surface area contributed by atoms with Crippen LogP contribution in [0.15, 0.2) is 24.3 Å². The molecule has 1 aromatic carbocycles. The number of rotatable bonds is 5. The second-order valence-corrected chi connectivity index (χ2v) is 7.17. The molecule has 7 heteroatoms. The van der Waals surface area contributed by atoms with Crippen molar-refractivity contribution in [3.05, 3.63) is 35.4 Å². The topological polar surface area (TPSA) is 88.4 Å². The third-order valence-corrected chi connectivity index (χ3v) is 4.36. The van der Waals surface area contributed by atoms with E-state index in [0.717, 1.165) is 0 Å². The first kappa shape index (κ1) is 15.9. The van der Waals surface area contributed by atoms with E-state index in [-0.39, 0.29) is 18.4 Å². The van der Waals surface area contributed by atoms with Crippen molar-refractivity contribution < 1.29 is 17.9 Å². The monoisotopic (exact) mass is 310 g/mol. The molecular formula is C14H18N2O4S. The number of hydrogen-bond acceptors (Lipinski definition) is 5. The Morgan fingerprint density at radius 3 is 2.57 bits per heavy atom. The normalized spacial score (nSPS) is 21.1. The number of ether oxygens (including phenoxy) is 2. The molecule has 1 atom stereocenters. The lowest BCUT2D eigenvalue weighted by molar-refractivity contribution is -0.137. The summed E-state index contributed by atoms with van der Waals surface area (Å²) >= 11 is 0. The number of benzene rings is 1. The van der Waals surface area contributed by atoms with Crippen molar-refractivity contribution in [1.82, 2.24) is 4.72 Å². The van der Waals surface area contributed by atoms with Gasteiger partial charge in [-0.05, 0) is 31.5 Å². The fraction of sp³-hybridized carbons (Fsp3) is 0.500. The molecule has 1 aliphatic rings. The largest absolute Gasteiger partial charge is 0.348 e. The number of nitrogens with one attached hydrogen (secondary N) is 1. The number of hydrogen-bond donors (Lipinski definition) is 1. The van der Waals surface area contributed by atoms with Gasteiger partial charge in [0.05, 0.1) is 30.1 Å². The van der Waals surface area contributed by atoms with Gasteiger partial charge in [-0.3, -0.25) is 0 Å². The standard InChI is InChI=1S/C14H18N2O4S/c1-14(2)19-9-13(20-14)8-16-21(17,18)10-12-5-3-11(7-15)4-6-12/h3-6,13,16H,8-10H2,1-2H3. The van der Waals surface area contributed by atoms with E-state index >= 15 is 0 Å². The third kappa shape index (κ3) is 4.79. The molecule has 0 radical (unpaired) electrons. The van der Waals surface area contributed by atoms with Crippen molar-refractivity contribution in [3.63, 3.8) is 0 Å². The van der Waals surface area contributed by atoms with Crippen LogP contribution < -0.4 is 4.72 Å². The minimum Gasteiger partial charge on any atom is -0.348 e. The van der Waals surface area contributed by atoms with E-state index < -0.39 is 15.8 Å². The van der Waals surface area contributed by atoms with Crippen molar-refractivity contribution in [2.24, 2.45) is 0 Å². The Morgan fingerprint density at radius 1 is 1.38 bits per heavy atom. The quantitative estimate of drug-likeness (QED) is 0.880. The highest BCUT2D eigenvalue weighted by Crippen LogP contribution is 2.21. The molecule has 114 valence electrons. The van der Waals surface area contributed by atoms with E-state index in [4.69, 9.17) is 14.7 Å². The van der Waals surface area contributed by atoms with Crippen molar-refractivity contribution in [3.8, 4) is 6.07 Å². The van der Waals surface area contributed by atoms with E-state index in [9.17, 15) is 8.42 Å². The fourth-order valence-corrected chi connectivity index (χ4v) is 3.20. The molecule has 1 N–H and O–H groups in total. The molecule has 0 bridgehead atoms. The molecule has 1 fully saturated rings. The van der Waals surface area contributed by atoms with E-state index in [2.05, 4.69) is 4.72 Å². The number of nitrogens with zero attached hydrogens (tertiary/aromatic N) is 1. The lowest BCUT2D eigenvalue weighted by Gasteiger charge is -2.17. The average molecular weight is 310 g/mol. The number of sulfonamides is 1. The maximum absolute atomic E-state index is 12.0. The van der Waals surface area contributed by atoms with Crippen LogP contribution in [0.5, 0.6) is 0 Å². The minimum absolute atomic E-state index is 0.129. The zero-order valence-corrected chi connectivity index (χ0v) is 12.8. The molecule has 1 heterocycles. The van der Waals surface area contributed by atoms with Crippen LogP contribution in [0.2, 0.25) is 0 Å². The molecule has 1 aliphatic heterocycles. The van der Waals surface area contributed by atoms with Crippen LogP contribution in [0, 0.1) is 11.3 Å². The summed E-state index contributed by atoms with van der Waals surface area (Å²) in [7, 11) is -3.45. The summed E-state index contributed by atoms with van der Waals surface area (Å²) in [6, 6.07) is 8.46. The highest BCUT2D eigenvalue weighted by atomic mass is 32.2. The fourth-order valence-electron chi connectivity index (χ4n) is 2.03. The zero-order valence-electron chi connectivity index (χ0n) is 12.0. The first-order valence-corrected chi connectivity index (χ1v) is 8.23. The molecule has 0 aliphatic carbocycles. The molecular weight excluding hydrogens is 292 g/mol. The minimum atomic E-state index is -3.45. The predicted octanol–water partition coefficient (Wildman–Crippen LogP) is 1.13. The molecule has 0 spiro atoms. The molecule has 0 amide bonds.